The smallest absolute Gasteiger partial charge is 0.0314 e. The van der Waals surface area contributed by atoms with E-state index in [1.165, 1.54) is 95.5 Å². The summed E-state index contributed by atoms with van der Waals surface area (Å²) in [5, 5.41) is 0. The van der Waals surface area contributed by atoms with Crippen LogP contribution in [0.25, 0.3) is 0 Å². The Morgan fingerprint density at radius 2 is 1.31 bits per heavy atom. The lowest BCUT2D eigenvalue weighted by Gasteiger charge is -2.38. The summed E-state index contributed by atoms with van der Waals surface area (Å²) in [5.74, 6) is 3.90. The zero-order valence-corrected chi connectivity index (χ0v) is 17.1. The molecule has 2 saturated carbocycles. The van der Waals surface area contributed by atoms with Gasteiger partial charge in [-0.2, -0.15) is 0 Å². The van der Waals surface area contributed by atoms with Crippen molar-refractivity contribution in [1.82, 2.24) is 0 Å². The van der Waals surface area contributed by atoms with Gasteiger partial charge < -0.3 is 5.73 Å². The predicted molar refractivity (Wildman–Crippen MR) is 114 cm³/mol. The molecule has 2 fully saturated rings. The Bertz CT molecular complexity index is 489. The zero-order chi connectivity index (χ0) is 18.2. The van der Waals surface area contributed by atoms with Gasteiger partial charge in [-0.1, -0.05) is 70.4 Å². The molecule has 0 heterocycles. The van der Waals surface area contributed by atoms with Crippen molar-refractivity contribution in [3.8, 4) is 0 Å². The Morgan fingerprint density at radius 3 is 1.92 bits per heavy atom. The lowest BCUT2D eigenvalue weighted by atomic mass is 9.68. The SMILES string of the molecule is CCCCCCCC1CCC([C@H]2CC[C@H](c3ccc(N)cc3)CC2)CC1. The molecule has 26 heavy (non-hydrogen) atoms. The molecular weight excluding hydrogens is 314 g/mol. The number of rotatable bonds is 8. The highest BCUT2D eigenvalue weighted by molar-refractivity contribution is 5.40. The van der Waals surface area contributed by atoms with Crippen molar-refractivity contribution in [3.05, 3.63) is 29.8 Å². The first-order valence-corrected chi connectivity index (χ1v) is 11.6. The van der Waals surface area contributed by atoms with Crippen LogP contribution in [-0.2, 0) is 0 Å². The van der Waals surface area contributed by atoms with Crippen LogP contribution in [0.1, 0.15) is 108 Å². The summed E-state index contributed by atoms with van der Waals surface area (Å²) in [5.41, 5.74) is 8.25. The maximum Gasteiger partial charge on any atom is 0.0314 e. The van der Waals surface area contributed by atoms with Crippen LogP contribution in [0.2, 0.25) is 0 Å². The van der Waals surface area contributed by atoms with Crippen LogP contribution in [0.3, 0.4) is 0 Å². The van der Waals surface area contributed by atoms with E-state index >= 15 is 0 Å². The summed E-state index contributed by atoms with van der Waals surface area (Å²) in [6, 6.07) is 8.66. The van der Waals surface area contributed by atoms with E-state index in [1.54, 1.807) is 0 Å². The molecule has 0 bridgehead atoms. The minimum Gasteiger partial charge on any atom is -0.399 e. The number of hydrogen-bond donors (Lipinski definition) is 1. The van der Waals surface area contributed by atoms with Crippen LogP contribution in [0.4, 0.5) is 5.69 Å². The molecule has 0 spiro atoms. The van der Waals surface area contributed by atoms with Gasteiger partial charge in [0.25, 0.3) is 0 Å². The summed E-state index contributed by atoms with van der Waals surface area (Å²) in [6.45, 7) is 2.31. The third-order valence-electron chi connectivity index (χ3n) is 7.45. The van der Waals surface area contributed by atoms with Crippen molar-refractivity contribution < 1.29 is 0 Å². The fraction of sp³-hybridized carbons (Fsp3) is 0.760. The standard InChI is InChI=1S/C25H41N/c1-2-3-4-5-6-7-20-8-10-21(11-9-20)22-12-14-23(15-13-22)24-16-18-25(26)19-17-24/h16-23H,2-15,26H2,1H3/t20?,21?,22-,23-. The maximum atomic E-state index is 5.84. The summed E-state index contributed by atoms with van der Waals surface area (Å²) in [7, 11) is 0. The number of benzene rings is 1. The van der Waals surface area contributed by atoms with E-state index in [9.17, 15) is 0 Å². The van der Waals surface area contributed by atoms with Gasteiger partial charge in [0.2, 0.25) is 0 Å². The predicted octanol–water partition coefficient (Wildman–Crippen LogP) is 7.71. The molecule has 0 aromatic heterocycles. The first-order valence-electron chi connectivity index (χ1n) is 11.6. The Hall–Kier alpha value is -0.980. The van der Waals surface area contributed by atoms with Crippen LogP contribution < -0.4 is 5.73 Å². The molecule has 2 aliphatic carbocycles. The van der Waals surface area contributed by atoms with E-state index in [1.807, 2.05) is 0 Å². The van der Waals surface area contributed by atoms with Crippen molar-refractivity contribution in [2.75, 3.05) is 5.73 Å². The fourth-order valence-electron chi connectivity index (χ4n) is 5.68. The van der Waals surface area contributed by atoms with E-state index < -0.39 is 0 Å². The van der Waals surface area contributed by atoms with Gasteiger partial charge in [0.15, 0.2) is 0 Å². The summed E-state index contributed by atoms with van der Waals surface area (Å²) >= 11 is 0. The fourth-order valence-corrected chi connectivity index (χ4v) is 5.68. The van der Waals surface area contributed by atoms with E-state index in [4.69, 9.17) is 5.73 Å². The molecule has 0 saturated heterocycles. The minimum atomic E-state index is 0.784. The summed E-state index contributed by atoms with van der Waals surface area (Å²) < 4.78 is 0. The largest absolute Gasteiger partial charge is 0.399 e. The minimum absolute atomic E-state index is 0.784. The van der Waals surface area contributed by atoms with E-state index in [2.05, 4.69) is 31.2 Å². The second-order valence-corrected chi connectivity index (χ2v) is 9.26. The second-order valence-electron chi connectivity index (χ2n) is 9.26. The average Bonchev–Trinajstić information content (AvgIpc) is 2.69. The highest BCUT2D eigenvalue weighted by Gasteiger charge is 2.31. The molecule has 2 N–H and O–H groups in total. The topological polar surface area (TPSA) is 26.0 Å². The summed E-state index contributed by atoms with van der Waals surface area (Å²) in [4.78, 5) is 0. The Labute approximate surface area is 162 Å². The van der Waals surface area contributed by atoms with Crippen molar-refractivity contribution in [3.63, 3.8) is 0 Å². The first kappa shape index (κ1) is 19.8. The van der Waals surface area contributed by atoms with E-state index in [-0.39, 0.29) is 0 Å². The number of anilines is 1. The third-order valence-corrected chi connectivity index (χ3v) is 7.45. The van der Waals surface area contributed by atoms with Crippen LogP contribution in [-0.4, -0.2) is 0 Å². The van der Waals surface area contributed by atoms with Gasteiger partial charge in [-0.15, -0.1) is 0 Å². The van der Waals surface area contributed by atoms with Gasteiger partial charge in [-0.3, -0.25) is 0 Å². The van der Waals surface area contributed by atoms with Crippen molar-refractivity contribution >= 4 is 5.69 Å². The normalized spacial score (nSPS) is 29.6. The number of nitrogen functional groups attached to an aromatic ring is 1. The molecule has 0 radical (unpaired) electrons. The quantitative estimate of drug-likeness (QED) is 0.375. The number of nitrogens with two attached hydrogens (primary N) is 1. The molecule has 1 nitrogen and oxygen atoms in total. The molecular formula is C25H41N. The maximum absolute atomic E-state index is 5.84. The molecule has 146 valence electrons. The molecule has 0 atom stereocenters. The molecule has 1 aromatic rings. The summed E-state index contributed by atoms with van der Waals surface area (Å²) in [6.07, 6.45) is 20.5. The van der Waals surface area contributed by atoms with Crippen molar-refractivity contribution in [2.24, 2.45) is 17.8 Å². The highest BCUT2D eigenvalue weighted by Crippen LogP contribution is 2.44. The third kappa shape index (κ3) is 5.76. The monoisotopic (exact) mass is 355 g/mol. The van der Waals surface area contributed by atoms with Gasteiger partial charge >= 0.3 is 0 Å². The average molecular weight is 356 g/mol. The lowest BCUT2D eigenvalue weighted by molar-refractivity contribution is 0.155. The highest BCUT2D eigenvalue weighted by atomic mass is 14.5. The van der Waals surface area contributed by atoms with Crippen LogP contribution >= 0.6 is 0 Å². The molecule has 1 heteroatoms. The molecule has 0 unspecified atom stereocenters. The van der Waals surface area contributed by atoms with Gasteiger partial charge in [-0.25, -0.2) is 0 Å². The number of hydrogen-bond acceptors (Lipinski definition) is 1. The Balaban J connectivity index is 1.34. The van der Waals surface area contributed by atoms with Crippen molar-refractivity contribution in [2.45, 2.75) is 103 Å². The van der Waals surface area contributed by atoms with Crippen LogP contribution in [0, 0.1) is 17.8 Å². The van der Waals surface area contributed by atoms with Gasteiger partial charge in [-0.05, 0) is 79.9 Å². The second kappa shape index (κ2) is 10.4. The van der Waals surface area contributed by atoms with Crippen LogP contribution in [0.15, 0.2) is 24.3 Å². The first-order chi connectivity index (χ1) is 12.8. The van der Waals surface area contributed by atoms with Gasteiger partial charge in [0.1, 0.15) is 0 Å². The van der Waals surface area contributed by atoms with Gasteiger partial charge in [0, 0.05) is 5.69 Å². The van der Waals surface area contributed by atoms with Gasteiger partial charge in [0.05, 0.1) is 0 Å². The molecule has 0 aliphatic heterocycles. The lowest BCUT2D eigenvalue weighted by Crippen LogP contribution is -2.25. The Morgan fingerprint density at radius 1 is 0.731 bits per heavy atom. The number of unbranched alkanes of at least 4 members (excludes halogenated alkanes) is 4. The zero-order valence-electron chi connectivity index (χ0n) is 17.1. The molecule has 1 aromatic carbocycles. The van der Waals surface area contributed by atoms with Crippen molar-refractivity contribution in [1.29, 1.82) is 0 Å². The van der Waals surface area contributed by atoms with E-state index in [0.717, 1.165) is 29.4 Å². The Kier molecular flexibility index (Phi) is 7.89. The molecule has 2 aliphatic rings. The van der Waals surface area contributed by atoms with E-state index in [0.29, 0.717) is 0 Å². The molecule has 0 amide bonds. The van der Waals surface area contributed by atoms with Crippen LogP contribution in [0.5, 0.6) is 0 Å². The molecule has 3 rings (SSSR count).